The normalized spacial score (nSPS) is 14.9. The largest absolute Gasteiger partial charge is 0.497 e. The number of piperidine rings is 1. The van der Waals surface area contributed by atoms with Crippen molar-refractivity contribution in [3.05, 3.63) is 52.7 Å². The number of nitrogens with zero attached hydrogens (tertiary/aromatic N) is 2. The van der Waals surface area contributed by atoms with Crippen molar-refractivity contribution in [1.29, 1.82) is 0 Å². The van der Waals surface area contributed by atoms with Crippen LogP contribution in [0, 0.1) is 0 Å². The lowest BCUT2D eigenvalue weighted by molar-refractivity contribution is 0.0931. The molecule has 2 N–H and O–H groups in total. The SMILES string of the molecule is COc1ccc(-c2cc(N3CCC(NC(=O)c4ccsc4)CC3)n[nH]2)cc1. The molecule has 1 aromatic carbocycles. The van der Waals surface area contributed by atoms with Crippen LogP contribution in [0.25, 0.3) is 11.3 Å². The topological polar surface area (TPSA) is 70.2 Å². The molecule has 2 aromatic heterocycles. The molecule has 0 unspecified atom stereocenters. The Hall–Kier alpha value is -2.80. The van der Waals surface area contributed by atoms with Gasteiger partial charge in [-0.2, -0.15) is 16.4 Å². The van der Waals surface area contributed by atoms with Gasteiger partial charge >= 0.3 is 0 Å². The number of amides is 1. The standard InChI is InChI=1S/C20H22N4O2S/c1-26-17-4-2-14(3-5-17)18-12-19(23-22-18)24-9-6-16(7-10-24)21-20(25)15-8-11-27-13-15/h2-5,8,11-13,16H,6-7,9-10H2,1H3,(H,21,25)(H,22,23). The van der Waals surface area contributed by atoms with Crippen molar-refractivity contribution in [3.8, 4) is 17.0 Å². The summed E-state index contributed by atoms with van der Waals surface area (Å²) in [4.78, 5) is 14.4. The van der Waals surface area contributed by atoms with Gasteiger partial charge in [0.05, 0.1) is 12.8 Å². The summed E-state index contributed by atoms with van der Waals surface area (Å²) in [6.45, 7) is 1.75. The number of methoxy groups -OCH3 is 1. The van der Waals surface area contributed by atoms with Crippen LogP contribution >= 0.6 is 11.3 Å². The van der Waals surface area contributed by atoms with Gasteiger partial charge in [-0.25, -0.2) is 0 Å². The van der Waals surface area contributed by atoms with Crippen molar-refractivity contribution in [2.45, 2.75) is 18.9 Å². The molecule has 140 valence electrons. The van der Waals surface area contributed by atoms with Crippen molar-refractivity contribution in [2.24, 2.45) is 0 Å². The number of H-pyrrole nitrogens is 1. The fourth-order valence-electron chi connectivity index (χ4n) is 3.31. The molecule has 6 nitrogen and oxygen atoms in total. The van der Waals surface area contributed by atoms with Crippen molar-refractivity contribution < 1.29 is 9.53 Å². The van der Waals surface area contributed by atoms with E-state index in [1.165, 1.54) is 0 Å². The van der Waals surface area contributed by atoms with Crippen molar-refractivity contribution >= 4 is 23.1 Å². The molecule has 1 amide bonds. The third kappa shape index (κ3) is 3.98. The van der Waals surface area contributed by atoms with E-state index in [-0.39, 0.29) is 11.9 Å². The third-order valence-corrected chi connectivity index (χ3v) is 5.59. The van der Waals surface area contributed by atoms with Gasteiger partial charge in [0.25, 0.3) is 5.91 Å². The van der Waals surface area contributed by atoms with Crippen LogP contribution in [0.1, 0.15) is 23.2 Å². The number of hydrogen-bond donors (Lipinski definition) is 2. The fraction of sp³-hybridized carbons (Fsp3) is 0.300. The van der Waals surface area contributed by atoms with Crippen LogP contribution in [0.15, 0.2) is 47.2 Å². The van der Waals surface area contributed by atoms with E-state index < -0.39 is 0 Å². The van der Waals surface area contributed by atoms with Crippen LogP contribution in [-0.4, -0.2) is 42.3 Å². The van der Waals surface area contributed by atoms with Gasteiger partial charge in [0.1, 0.15) is 5.75 Å². The summed E-state index contributed by atoms with van der Waals surface area (Å²) in [6.07, 6.45) is 1.83. The molecule has 4 rings (SSSR count). The van der Waals surface area contributed by atoms with E-state index in [0.717, 1.165) is 54.3 Å². The van der Waals surface area contributed by atoms with Crippen LogP contribution in [0.2, 0.25) is 0 Å². The zero-order valence-electron chi connectivity index (χ0n) is 15.1. The Morgan fingerprint density at radius 2 is 2.04 bits per heavy atom. The first kappa shape index (κ1) is 17.6. The second kappa shape index (κ2) is 7.84. The molecule has 1 fully saturated rings. The van der Waals surface area contributed by atoms with Gasteiger partial charge in [-0.3, -0.25) is 9.89 Å². The Bertz CT molecular complexity index is 881. The zero-order valence-corrected chi connectivity index (χ0v) is 16.0. The first-order chi connectivity index (χ1) is 13.2. The molecule has 3 heterocycles. The van der Waals surface area contributed by atoms with E-state index in [2.05, 4.69) is 26.5 Å². The summed E-state index contributed by atoms with van der Waals surface area (Å²) in [7, 11) is 1.66. The molecule has 1 saturated heterocycles. The number of nitrogens with one attached hydrogen (secondary N) is 2. The highest BCUT2D eigenvalue weighted by Crippen LogP contribution is 2.25. The number of anilines is 1. The number of rotatable bonds is 5. The minimum absolute atomic E-state index is 0.0243. The van der Waals surface area contributed by atoms with Gasteiger partial charge in [-0.15, -0.1) is 0 Å². The van der Waals surface area contributed by atoms with Crippen LogP contribution in [0.3, 0.4) is 0 Å². The number of ether oxygens (including phenoxy) is 1. The minimum atomic E-state index is 0.0243. The highest BCUT2D eigenvalue weighted by molar-refractivity contribution is 7.08. The summed E-state index contributed by atoms with van der Waals surface area (Å²) in [5.41, 5.74) is 2.81. The Kier molecular flexibility index (Phi) is 5.11. The molecule has 1 aliphatic rings. The first-order valence-corrected chi connectivity index (χ1v) is 9.95. The predicted molar refractivity (Wildman–Crippen MR) is 108 cm³/mol. The van der Waals surface area contributed by atoms with Gasteiger partial charge in [-0.05, 0) is 54.1 Å². The average molecular weight is 382 g/mol. The van der Waals surface area contributed by atoms with E-state index in [0.29, 0.717) is 0 Å². The lowest BCUT2D eigenvalue weighted by Crippen LogP contribution is -2.44. The smallest absolute Gasteiger partial charge is 0.252 e. The maximum absolute atomic E-state index is 12.2. The van der Waals surface area contributed by atoms with Crippen molar-refractivity contribution in [3.63, 3.8) is 0 Å². The molecule has 7 heteroatoms. The molecule has 0 bridgehead atoms. The Balaban J connectivity index is 1.34. The highest BCUT2D eigenvalue weighted by Gasteiger charge is 2.23. The molecule has 0 aliphatic carbocycles. The van der Waals surface area contributed by atoms with Crippen LogP contribution in [-0.2, 0) is 0 Å². The summed E-state index contributed by atoms with van der Waals surface area (Å²) in [5, 5.41) is 14.5. The van der Waals surface area contributed by atoms with Gasteiger partial charge in [0.2, 0.25) is 0 Å². The Morgan fingerprint density at radius 1 is 1.26 bits per heavy atom. The summed E-state index contributed by atoms with van der Waals surface area (Å²) in [5.74, 6) is 1.81. The number of hydrogen-bond acceptors (Lipinski definition) is 5. The van der Waals surface area contributed by atoms with Crippen LogP contribution in [0.5, 0.6) is 5.75 Å². The number of carbonyl (C=O) groups is 1. The van der Waals surface area contributed by atoms with E-state index >= 15 is 0 Å². The molecular weight excluding hydrogens is 360 g/mol. The summed E-state index contributed by atoms with van der Waals surface area (Å²) in [6, 6.07) is 12.1. The second-order valence-corrected chi connectivity index (χ2v) is 7.40. The molecule has 3 aromatic rings. The molecule has 1 aliphatic heterocycles. The number of aromatic nitrogens is 2. The maximum Gasteiger partial charge on any atom is 0.252 e. The van der Waals surface area contributed by atoms with Crippen LogP contribution in [0.4, 0.5) is 5.82 Å². The van der Waals surface area contributed by atoms with Crippen LogP contribution < -0.4 is 15.0 Å². The van der Waals surface area contributed by atoms with Gasteiger partial charge in [-0.1, -0.05) is 0 Å². The average Bonchev–Trinajstić information content (AvgIpc) is 3.41. The molecule has 27 heavy (non-hydrogen) atoms. The Labute approximate surface area is 162 Å². The molecular formula is C20H22N4O2S. The lowest BCUT2D eigenvalue weighted by atomic mass is 10.0. The third-order valence-electron chi connectivity index (χ3n) is 4.90. The molecule has 0 saturated carbocycles. The number of thiophene rings is 1. The van der Waals surface area contributed by atoms with Crippen molar-refractivity contribution in [2.75, 3.05) is 25.1 Å². The zero-order chi connectivity index (χ0) is 18.6. The fourth-order valence-corrected chi connectivity index (χ4v) is 3.94. The number of aromatic amines is 1. The lowest BCUT2D eigenvalue weighted by Gasteiger charge is -2.32. The van der Waals surface area contributed by atoms with Gasteiger partial charge in [0.15, 0.2) is 5.82 Å². The number of carbonyl (C=O) groups excluding carboxylic acids is 1. The van der Waals surface area contributed by atoms with E-state index in [1.54, 1.807) is 18.4 Å². The molecule has 0 radical (unpaired) electrons. The monoisotopic (exact) mass is 382 g/mol. The quantitative estimate of drug-likeness (QED) is 0.708. The van der Waals surface area contributed by atoms with Crippen molar-refractivity contribution in [1.82, 2.24) is 15.5 Å². The van der Waals surface area contributed by atoms with Gasteiger partial charge in [0, 0.05) is 36.1 Å². The predicted octanol–water partition coefficient (Wildman–Crippen LogP) is 3.55. The summed E-state index contributed by atoms with van der Waals surface area (Å²) < 4.78 is 5.20. The first-order valence-electron chi connectivity index (χ1n) is 9.01. The number of benzene rings is 1. The minimum Gasteiger partial charge on any atom is -0.497 e. The maximum atomic E-state index is 12.2. The molecule has 0 atom stereocenters. The van der Waals surface area contributed by atoms with E-state index in [9.17, 15) is 4.79 Å². The van der Waals surface area contributed by atoms with E-state index in [4.69, 9.17) is 4.74 Å². The Morgan fingerprint density at radius 3 is 2.70 bits per heavy atom. The summed E-state index contributed by atoms with van der Waals surface area (Å²) >= 11 is 1.54. The second-order valence-electron chi connectivity index (χ2n) is 6.62. The molecule has 0 spiro atoms. The highest BCUT2D eigenvalue weighted by atomic mass is 32.1. The van der Waals surface area contributed by atoms with E-state index in [1.807, 2.05) is 41.1 Å². The van der Waals surface area contributed by atoms with Gasteiger partial charge < -0.3 is 15.0 Å².